The summed E-state index contributed by atoms with van der Waals surface area (Å²) in [7, 11) is 1.23. The molecule has 2 aliphatic heterocycles. The van der Waals surface area contributed by atoms with Crippen molar-refractivity contribution in [3.8, 4) is 6.07 Å². The fourth-order valence-corrected chi connectivity index (χ4v) is 5.36. The predicted molar refractivity (Wildman–Crippen MR) is 118 cm³/mol. The first-order valence-electron chi connectivity index (χ1n) is 11.5. The quantitative estimate of drug-likeness (QED) is 0.534. The Bertz CT molecular complexity index is 873. The maximum atomic E-state index is 13.6. The predicted octanol–water partition coefficient (Wildman–Crippen LogP) is 0.775. The molecule has 10 heteroatoms. The van der Waals surface area contributed by atoms with Crippen LogP contribution in [0.2, 0.25) is 0 Å². The highest BCUT2D eigenvalue weighted by Crippen LogP contribution is 2.65. The number of nitrogens with one attached hydrogen (secondary N) is 3. The standard InChI is InChI=1S/C23H35N5O5/c1-22(2,3)17(27-21(32)33-6)20(31)28-11-14-15(23(14,4)5)16(28)19(30)26-13(10-24)9-12-7-8-25-18(12)29/h12-17H,7-9,11H2,1-6H3,(H,25,29)(H,26,30)(H,27,32)/t12-,13-,14-,15-,16-,17+/m0/s1. The first-order chi connectivity index (χ1) is 15.3. The number of hydrogen-bond donors (Lipinski definition) is 3. The van der Waals surface area contributed by atoms with Gasteiger partial charge in [-0.2, -0.15) is 5.26 Å². The highest BCUT2D eigenvalue weighted by Gasteiger charge is 2.69. The number of carbonyl (C=O) groups excluding carboxylic acids is 4. The maximum Gasteiger partial charge on any atom is 0.407 e. The van der Waals surface area contributed by atoms with Gasteiger partial charge in [-0.3, -0.25) is 14.4 Å². The maximum absolute atomic E-state index is 13.6. The van der Waals surface area contributed by atoms with Crippen molar-refractivity contribution in [1.82, 2.24) is 20.9 Å². The molecule has 2 saturated heterocycles. The Kier molecular flexibility index (Phi) is 6.65. The molecule has 3 rings (SSSR count). The van der Waals surface area contributed by atoms with Crippen LogP contribution in [0.15, 0.2) is 0 Å². The molecule has 0 unspecified atom stereocenters. The number of alkyl carbamates (subject to hydrolysis) is 1. The van der Waals surface area contributed by atoms with E-state index in [1.54, 1.807) is 4.90 Å². The van der Waals surface area contributed by atoms with E-state index in [4.69, 9.17) is 4.74 Å². The number of ether oxygens (including phenoxy) is 1. The average molecular weight is 462 g/mol. The minimum atomic E-state index is -0.880. The summed E-state index contributed by atoms with van der Waals surface area (Å²) < 4.78 is 4.70. The van der Waals surface area contributed by atoms with E-state index < -0.39 is 35.5 Å². The van der Waals surface area contributed by atoms with Crippen molar-refractivity contribution in [3.63, 3.8) is 0 Å². The first kappa shape index (κ1) is 24.8. The Morgan fingerprint density at radius 2 is 1.97 bits per heavy atom. The van der Waals surface area contributed by atoms with Gasteiger partial charge in [0.2, 0.25) is 17.7 Å². The highest BCUT2D eigenvalue weighted by atomic mass is 16.5. The summed E-state index contributed by atoms with van der Waals surface area (Å²) in [4.78, 5) is 52.3. The normalized spacial score (nSPS) is 29.2. The third-order valence-corrected chi connectivity index (χ3v) is 7.48. The van der Waals surface area contributed by atoms with Gasteiger partial charge < -0.3 is 25.6 Å². The van der Waals surface area contributed by atoms with E-state index in [0.29, 0.717) is 19.5 Å². The molecule has 0 aromatic heterocycles. The van der Waals surface area contributed by atoms with Gasteiger partial charge in [0.15, 0.2) is 0 Å². The Labute approximate surface area is 194 Å². The average Bonchev–Trinajstić information content (AvgIpc) is 3.11. The molecule has 3 N–H and O–H groups in total. The lowest BCUT2D eigenvalue weighted by Gasteiger charge is -2.37. The van der Waals surface area contributed by atoms with Crippen LogP contribution < -0.4 is 16.0 Å². The largest absolute Gasteiger partial charge is 0.453 e. The molecule has 2 heterocycles. The van der Waals surface area contributed by atoms with E-state index >= 15 is 0 Å². The van der Waals surface area contributed by atoms with Crippen molar-refractivity contribution >= 4 is 23.8 Å². The minimum absolute atomic E-state index is 0.0330. The molecule has 182 valence electrons. The van der Waals surface area contributed by atoms with E-state index in [0.717, 1.165) is 0 Å². The number of rotatable bonds is 6. The van der Waals surface area contributed by atoms with E-state index in [1.165, 1.54) is 7.11 Å². The zero-order chi connectivity index (χ0) is 24.7. The van der Waals surface area contributed by atoms with Gasteiger partial charge >= 0.3 is 6.09 Å². The monoisotopic (exact) mass is 461 g/mol. The van der Waals surface area contributed by atoms with Gasteiger partial charge in [0.05, 0.1) is 13.2 Å². The van der Waals surface area contributed by atoms with Gasteiger partial charge in [-0.05, 0) is 35.5 Å². The summed E-state index contributed by atoms with van der Waals surface area (Å²) in [6.45, 7) is 10.6. The molecule has 4 amide bonds. The molecule has 0 spiro atoms. The van der Waals surface area contributed by atoms with E-state index in [9.17, 15) is 24.4 Å². The molecule has 10 nitrogen and oxygen atoms in total. The Morgan fingerprint density at radius 1 is 1.30 bits per heavy atom. The topological polar surface area (TPSA) is 141 Å². The zero-order valence-corrected chi connectivity index (χ0v) is 20.2. The minimum Gasteiger partial charge on any atom is -0.453 e. The molecular formula is C23H35N5O5. The number of nitrogens with zero attached hydrogens (tertiary/aromatic N) is 2. The summed E-state index contributed by atoms with van der Waals surface area (Å²) >= 11 is 0. The Morgan fingerprint density at radius 3 is 2.48 bits per heavy atom. The number of nitriles is 1. The van der Waals surface area contributed by atoms with Gasteiger partial charge in [-0.15, -0.1) is 0 Å². The van der Waals surface area contributed by atoms with Crippen LogP contribution in [0.1, 0.15) is 47.5 Å². The van der Waals surface area contributed by atoms with E-state index in [2.05, 4.69) is 35.9 Å². The fraction of sp³-hybridized carbons (Fsp3) is 0.783. The number of fused-ring (bicyclic) bond motifs is 1. The third kappa shape index (κ3) is 4.77. The second kappa shape index (κ2) is 8.84. The van der Waals surface area contributed by atoms with Gasteiger partial charge in [0.1, 0.15) is 18.1 Å². The number of carbonyl (C=O) groups is 4. The van der Waals surface area contributed by atoms with Crippen LogP contribution in [0.25, 0.3) is 0 Å². The van der Waals surface area contributed by atoms with Crippen molar-refractivity contribution in [3.05, 3.63) is 0 Å². The lowest BCUT2D eigenvalue weighted by atomic mass is 9.85. The number of piperidine rings is 1. The van der Waals surface area contributed by atoms with Crippen LogP contribution in [0.3, 0.4) is 0 Å². The lowest BCUT2D eigenvalue weighted by Crippen LogP contribution is -2.59. The summed E-state index contributed by atoms with van der Waals surface area (Å²) in [5.41, 5.74) is -0.709. The SMILES string of the molecule is COC(=O)N[C@H](C(=O)N1C[C@H]2[C@@H]([C@H]1C(=O)N[C@H](C#N)C[C@@H]1CCNC1=O)C2(C)C)C(C)(C)C. The summed E-state index contributed by atoms with van der Waals surface area (Å²) in [5.74, 6) is -1.02. The van der Waals surface area contributed by atoms with Crippen LogP contribution in [0.4, 0.5) is 4.79 Å². The van der Waals surface area contributed by atoms with Crippen molar-refractivity contribution in [2.75, 3.05) is 20.2 Å². The second-order valence-electron chi connectivity index (χ2n) is 11.0. The van der Waals surface area contributed by atoms with E-state index in [-0.39, 0.29) is 41.4 Å². The van der Waals surface area contributed by atoms with Crippen LogP contribution >= 0.6 is 0 Å². The second-order valence-corrected chi connectivity index (χ2v) is 11.0. The van der Waals surface area contributed by atoms with Crippen LogP contribution in [-0.4, -0.2) is 67.0 Å². The van der Waals surface area contributed by atoms with Crippen molar-refractivity contribution < 1.29 is 23.9 Å². The van der Waals surface area contributed by atoms with E-state index in [1.807, 2.05) is 20.8 Å². The summed E-state index contributed by atoms with van der Waals surface area (Å²) in [6, 6.07) is -0.355. The van der Waals surface area contributed by atoms with Gasteiger partial charge in [0.25, 0.3) is 0 Å². The van der Waals surface area contributed by atoms with Crippen LogP contribution in [0.5, 0.6) is 0 Å². The Hall–Kier alpha value is -2.83. The molecule has 1 saturated carbocycles. The van der Waals surface area contributed by atoms with Crippen molar-refractivity contribution in [1.29, 1.82) is 5.26 Å². The fourth-order valence-electron chi connectivity index (χ4n) is 5.36. The van der Waals surface area contributed by atoms with Gasteiger partial charge in [-0.1, -0.05) is 34.6 Å². The molecule has 6 atom stereocenters. The number of likely N-dealkylation sites (tertiary alicyclic amines) is 1. The molecule has 0 bridgehead atoms. The third-order valence-electron chi connectivity index (χ3n) is 7.48. The number of amides is 4. The molecule has 0 radical (unpaired) electrons. The number of methoxy groups -OCH3 is 1. The number of hydrogen-bond acceptors (Lipinski definition) is 6. The smallest absolute Gasteiger partial charge is 0.407 e. The van der Waals surface area contributed by atoms with Crippen molar-refractivity contribution in [2.45, 2.75) is 65.6 Å². The lowest BCUT2D eigenvalue weighted by molar-refractivity contribution is -0.144. The molecule has 0 aromatic carbocycles. The molecule has 0 aromatic rings. The van der Waals surface area contributed by atoms with Crippen LogP contribution in [-0.2, 0) is 19.1 Å². The highest BCUT2D eigenvalue weighted by molar-refractivity contribution is 5.93. The molecule has 3 fully saturated rings. The summed E-state index contributed by atoms with van der Waals surface area (Å²) in [5, 5.41) is 17.7. The molecule has 33 heavy (non-hydrogen) atoms. The molecular weight excluding hydrogens is 426 g/mol. The van der Waals surface area contributed by atoms with Crippen molar-refractivity contribution in [2.24, 2.45) is 28.6 Å². The summed E-state index contributed by atoms with van der Waals surface area (Å²) in [6.07, 6.45) is 0.152. The first-order valence-corrected chi connectivity index (χ1v) is 11.5. The molecule has 3 aliphatic rings. The Balaban J connectivity index is 1.79. The zero-order valence-electron chi connectivity index (χ0n) is 20.2. The van der Waals surface area contributed by atoms with Crippen LogP contribution in [0, 0.1) is 39.9 Å². The van der Waals surface area contributed by atoms with Gasteiger partial charge in [-0.25, -0.2) is 4.79 Å². The van der Waals surface area contributed by atoms with Gasteiger partial charge in [0, 0.05) is 19.0 Å². The molecule has 1 aliphatic carbocycles.